The van der Waals surface area contributed by atoms with E-state index >= 15 is 0 Å². The van der Waals surface area contributed by atoms with Gasteiger partial charge in [0, 0.05) is 0 Å². The van der Waals surface area contributed by atoms with Gasteiger partial charge in [-0.15, -0.1) is 0 Å². The monoisotopic (exact) mass is 392 g/mol. The molecular formula is C14H20N2O7S2. The Hall–Kier alpha value is -1.85. The Morgan fingerprint density at radius 1 is 1.20 bits per heavy atom. The van der Waals surface area contributed by atoms with E-state index in [-0.39, 0.29) is 17.3 Å². The maximum absolute atomic E-state index is 12.5. The summed E-state index contributed by atoms with van der Waals surface area (Å²) < 4.78 is 60.7. The Bertz CT molecular complexity index is 819. The lowest BCUT2D eigenvalue weighted by molar-refractivity contribution is 0.148. The number of rotatable bonds is 6. The van der Waals surface area contributed by atoms with E-state index in [1.54, 1.807) is 6.92 Å². The zero-order valence-electron chi connectivity index (χ0n) is 13.8. The fourth-order valence-corrected chi connectivity index (χ4v) is 5.70. The van der Waals surface area contributed by atoms with Crippen LogP contribution in [0, 0.1) is 0 Å². The summed E-state index contributed by atoms with van der Waals surface area (Å²) in [6, 6.07) is 3.76. The van der Waals surface area contributed by atoms with Gasteiger partial charge in [0.15, 0.2) is 9.84 Å². The highest BCUT2D eigenvalue weighted by Crippen LogP contribution is 2.19. The van der Waals surface area contributed by atoms with E-state index in [1.165, 1.54) is 31.4 Å². The fourth-order valence-electron chi connectivity index (χ4n) is 2.45. The number of alkyl carbamates (subject to hydrolysis) is 1. The van der Waals surface area contributed by atoms with Crippen molar-refractivity contribution in [3.05, 3.63) is 24.3 Å². The van der Waals surface area contributed by atoms with E-state index in [9.17, 15) is 21.6 Å². The lowest BCUT2D eigenvalue weighted by Crippen LogP contribution is -2.50. The maximum Gasteiger partial charge on any atom is 0.407 e. The van der Waals surface area contributed by atoms with Crippen LogP contribution in [-0.2, 0) is 24.6 Å². The zero-order chi connectivity index (χ0) is 18.7. The van der Waals surface area contributed by atoms with E-state index < -0.39 is 43.8 Å². The highest BCUT2D eigenvalue weighted by atomic mass is 32.2. The van der Waals surface area contributed by atoms with Gasteiger partial charge in [-0.1, -0.05) is 0 Å². The van der Waals surface area contributed by atoms with Crippen molar-refractivity contribution >= 4 is 26.0 Å². The van der Waals surface area contributed by atoms with Crippen LogP contribution in [0.4, 0.5) is 4.79 Å². The molecule has 1 aliphatic rings. The predicted octanol–water partition coefficient (Wildman–Crippen LogP) is -0.115. The molecule has 1 aliphatic heterocycles. The van der Waals surface area contributed by atoms with Gasteiger partial charge in [-0.3, -0.25) is 0 Å². The minimum absolute atomic E-state index is 0.0347. The third kappa shape index (κ3) is 5.06. The third-order valence-corrected chi connectivity index (χ3v) is 6.85. The van der Waals surface area contributed by atoms with Crippen molar-refractivity contribution < 1.29 is 31.1 Å². The van der Waals surface area contributed by atoms with Crippen molar-refractivity contribution in [3.8, 4) is 5.75 Å². The molecule has 0 radical (unpaired) electrons. The highest BCUT2D eigenvalue weighted by molar-refractivity contribution is 7.92. The average molecular weight is 392 g/mol. The van der Waals surface area contributed by atoms with Crippen LogP contribution in [0.5, 0.6) is 5.75 Å². The molecule has 1 saturated heterocycles. The summed E-state index contributed by atoms with van der Waals surface area (Å²) in [6.45, 7) is 1.72. The normalized spacial score (nSPS) is 22.3. The van der Waals surface area contributed by atoms with Gasteiger partial charge in [0.05, 0.1) is 42.2 Å². The number of carbonyl (C=O) groups excluding carboxylic acids is 1. The molecule has 11 heteroatoms. The molecule has 1 aromatic rings. The number of carbonyl (C=O) groups is 1. The van der Waals surface area contributed by atoms with E-state index in [2.05, 4.69) is 10.0 Å². The second-order valence-corrected chi connectivity index (χ2v) is 9.32. The topological polar surface area (TPSA) is 128 Å². The van der Waals surface area contributed by atoms with Crippen molar-refractivity contribution in [2.75, 3.05) is 25.2 Å². The third-order valence-electron chi connectivity index (χ3n) is 3.61. The zero-order valence-corrected chi connectivity index (χ0v) is 15.4. The van der Waals surface area contributed by atoms with Crippen molar-refractivity contribution in [1.82, 2.24) is 10.0 Å². The molecule has 0 aliphatic carbocycles. The first-order valence-corrected chi connectivity index (χ1v) is 10.8. The molecule has 0 bridgehead atoms. The molecule has 1 amide bonds. The largest absolute Gasteiger partial charge is 0.497 e. The Morgan fingerprint density at radius 2 is 1.80 bits per heavy atom. The van der Waals surface area contributed by atoms with Gasteiger partial charge in [0.2, 0.25) is 10.0 Å². The van der Waals surface area contributed by atoms with Gasteiger partial charge < -0.3 is 14.8 Å². The quantitative estimate of drug-likeness (QED) is 0.691. The van der Waals surface area contributed by atoms with Crippen LogP contribution < -0.4 is 14.8 Å². The molecule has 0 unspecified atom stereocenters. The average Bonchev–Trinajstić information content (AvgIpc) is 2.80. The predicted molar refractivity (Wildman–Crippen MR) is 89.7 cm³/mol. The number of nitrogens with one attached hydrogen (secondary N) is 2. The van der Waals surface area contributed by atoms with Gasteiger partial charge in [-0.2, -0.15) is 0 Å². The van der Waals surface area contributed by atoms with E-state index in [0.29, 0.717) is 5.75 Å². The van der Waals surface area contributed by atoms with Crippen molar-refractivity contribution in [2.24, 2.45) is 0 Å². The highest BCUT2D eigenvalue weighted by Gasteiger charge is 2.41. The minimum atomic E-state index is -3.96. The Balaban J connectivity index is 2.17. The number of hydrogen-bond donors (Lipinski definition) is 2. The van der Waals surface area contributed by atoms with Crippen LogP contribution in [-0.4, -0.2) is 60.2 Å². The van der Waals surface area contributed by atoms with Gasteiger partial charge in [0.25, 0.3) is 0 Å². The molecule has 2 atom stereocenters. The minimum Gasteiger partial charge on any atom is -0.497 e. The van der Waals surface area contributed by atoms with Crippen LogP contribution in [0.3, 0.4) is 0 Å². The standard InChI is InChI=1S/C14H20N2O7S2/c1-3-23-14(17)15-12-8-24(18,19)9-13(12)16-25(20,21)11-6-4-10(22-2)5-7-11/h4-7,12-13,16H,3,8-9H2,1-2H3,(H,15,17)/t12-,13-/m1/s1. The summed E-state index contributed by atoms with van der Waals surface area (Å²) in [5.74, 6) is -0.273. The number of ether oxygens (including phenoxy) is 2. The first-order valence-electron chi connectivity index (χ1n) is 7.47. The number of sulfone groups is 1. The number of amides is 1. The van der Waals surface area contributed by atoms with Gasteiger partial charge in [0.1, 0.15) is 5.75 Å². The van der Waals surface area contributed by atoms with Crippen molar-refractivity contribution in [1.29, 1.82) is 0 Å². The molecule has 1 aromatic carbocycles. The lowest BCUT2D eigenvalue weighted by Gasteiger charge is -2.20. The number of sulfonamides is 1. The van der Waals surface area contributed by atoms with Crippen LogP contribution in [0.25, 0.3) is 0 Å². The summed E-state index contributed by atoms with van der Waals surface area (Å²) in [5.41, 5.74) is 0. The molecule has 2 rings (SSSR count). The van der Waals surface area contributed by atoms with Crippen molar-refractivity contribution in [2.45, 2.75) is 23.9 Å². The Kier molecular flexibility index (Phi) is 5.91. The lowest BCUT2D eigenvalue weighted by atomic mass is 10.2. The second-order valence-electron chi connectivity index (χ2n) is 5.45. The van der Waals surface area contributed by atoms with E-state index in [0.717, 1.165) is 0 Å². The van der Waals surface area contributed by atoms with Gasteiger partial charge in [-0.25, -0.2) is 26.4 Å². The smallest absolute Gasteiger partial charge is 0.407 e. The SMILES string of the molecule is CCOC(=O)N[C@@H]1CS(=O)(=O)C[C@H]1NS(=O)(=O)c1ccc(OC)cc1. The molecule has 2 N–H and O–H groups in total. The number of benzene rings is 1. The molecule has 0 saturated carbocycles. The number of hydrogen-bond acceptors (Lipinski definition) is 7. The molecular weight excluding hydrogens is 372 g/mol. The summed E-state index contributed by atoms with van der Waals surface area (Å²) in [4.78, 5) is 11.5. The van der Waals surface area contributed by atoms with Crippen molar-refractivity contribution in [3.63, 3.8) is 0 Å². The molecule has 9 nitrogen and oxygen atoms in total. The maximum atomic E-state index is 12.5. The summed E-state index contributed by atoms with van der Waals surface area (Å²) >= 11 is 0. The second kappa shape index (κ2) is 7.58. The van der Waals surface area contributed by atoms with Gasteiger partial charge >= 0.3 is 6.09 Å². The van der Waals surface area contributed by atoms with Crippen LogP contribution in [0.1, 0.15) is 6.92 Å². The molecule has 0 aromatic heterocycles. The number of methoxy groups -OCH3 is 1. The molecule has 140 valence electrons. The summed E-state index contributed by atoms with van der Waals surface area (Å²) in [5, 5.41) is 2.39. The Labute approximate surface area is 146 Å². The first kappa shape index (κ1) is 19.5. The fraction of sp³-hybridized carbons (Fsp3) is 0.500. The molecule has 0 spiro atoms. The first-order chi connectivity index (χ1) is 11.7. The van der Waals surface area contributed by atoms with Gasteiger partial charge in [-0.05, 0) is 31.2 Å². The molecule has 1 heterocycles. The van der Waals surface area contributed by atoms with E-state index in [4.69, 9.17) is 9.47 Å². The van der Waals surface area contributed by atoms with E-state index in [1.807, 2.05) is 0 Å². The molecule has 1 fully saturated rings. The molecule has 25 heavy (non-hydrogen) atoms. The van der Waals surface area contributed by atoms with Crippen LogP contribution in [0.2, 0.25) is 0 Å². The van der Waals surface area contributed by atoms with Crippen LogP contribution in [0.15, 0.2) is 29.2 Å². The summed E-state index contributed by atoms with van der Waals surface area (Å²) in [6.07, 6.45) is -0.793. The Morgan fingerprint density at radius 3 is 2.36 bits per heavy atom. The van der Waals surface area contributed by atoms with Crippen LogP contribution >= 0.6 is 0 Å². The summed E-state index contributed by atoms with van der Waals surface area (Å²) in [7, 11) is -5.99.